The molecular formula is C16H16BrN3O3. The first-order valence-corrected chi connectivity index (χ1v) is 7.80. The van der Waals surface area contributed by atoms with Gasteiger partial charge in [-0.1, -0.05) is 6.92 Å². The number of anilines is 1. The van der Waals surface area contributed by atoms with Crippen molar-refractivity contribution in [3.05, 3.63) is 52.1 Å². The van der Waals surface area contributed by atoms with Crippen LogP contribution in [0.3, 0.4) is 0 Å². The maximum Gasteiger partial charge on any atom is 0.337 e. The molecule has 1 aromatic carbocycles. The average Bonchev–Trinajstić information content (AvgIpc) is 2.54. The zero-order valence-electron chi connectivity index (χ0n) is 12.5. The van der Waals surface area contributed by atoms with Crippen LogP contribution in [0.2, 0.25) is 0 Å². The Labute approximate surface area is 142 Å². The number of carboxylic acid groups (broad SMARTS) is 1. The minimum atomic E-state index is -1.01. The topological polar surface area (TPSA) is 83.8 Å². The molecule has 2 N–H and O–H groups in total. The summed E-state index contributed by atoms with van der Waals surface area (Å²) < 4.78 is 6.44. The number of nitrogens with one attached hydrogen (secondary N) is 1. The zero-order valence-corrected chi connectivity index (χ0v) is 14.1. The number of carboxylic acids is 1. The van der Waals surface area contributed by atoms with Gasteiger partial charge < -0.3 is 9.84 Å². The Hall–Kier alpha value is -2.41. The van der Waals surface area contributed by atoms with E-state index in [1.165, 1.54) is 12.3 Å². The summed E-state index contributed by atoms with van der Waals surface area (Å²) in [6, 6.07) is 8.68. The molecule has 0 saturated carbocycles. The van der Waals surface area contributed by atoms with Crippen molar-refractivity contribution in [3.63, 3.8) is 0 Å². The summed E-state index contributed by atoms with van der Waals surface area (Å²) in [4.78, 5) is 14.7. The number of rotatable bonds is 7. The fourth-order valence-corrected chi connectivity index (χ4v) is 2.20. The summed E-state index contributed by atoms with van der Waals surface area (Å²) in [5, 5.41) is 12.9. The van der Waals surface area contributed by atoms with Crippen molar-refractivity contribution in [2.24, 2.45) is 5.10 Å². The molecule has 0 aliphatic rings. The van der Waals surface area contributed by atoms with Crippen LogP contribution >= 0.6 is 15.9 Å². The van der Waals surface area contributed by atoms with Crippen molar-refractivity contribution < 1.29 is 14.6 Å². The van der Waals surface area contributed by atoms with E-state index in [4.69, 9.17) is 9.84 Å². The summed E-state index contributed by atoms with van der Waals surface area (Å²) in [7, 11) is 0. The van der Waals surface area contributed by atoms with Crippen molar-refractivity contribution in [2.45, 2.75) is 13.3 Å². The lowest BCUT2D eigenvalue weighted by Crippen LogP contribution is -1.99. The maximum atomic E-state index is 10.7. The molecule has 7 heteroatoms. The van der Waals surface area contributed by atoms with Crippen LogP contribution in [0.15, 0.2) is 46.1 Å². The maximum absolute atomic E-state index is 10.7. The highest BCUT2D eigenvalue weighted by atomic mass is 79.9. The fourth-order valence-electron chi connectivity index (χ4n) is 1.69. The summed E-state index contributed by atoms with van der Waals surface area (Å²) in [5.74, 6) is 0.249. The van der Waals surface area contributed by atoms with Gasteiger partial charge in [-0.2, -0.15) is 5.10 Å². The second-order valence-electron chi connectivity index (χ2n) is 4.65. The highest BCUT2D eigenvalue weighted by Gasteiger charge is 2.03. The SMILES string of the molecule is CCCOc1ccc(/C=N/Nc2ccc(C(=O)O)cn2)cc1Br. The molecule has 1 aromatic heterocycles. The molecule has 120 valence electrons. The molecule has 0 aliphatic heterocycles. The van der Waals surface area contributed by atoms with Gasteiger partial charge in [0.05, 0.1) is 22.9 Å². The molecule has 0 radical (unpaired) electrons. The van der Waals surface area contributed by atoms with Gasteiger partial charge in [0.15, 0.2) is 0 Å². The largest absolute Gasteiger partial charge is 0.492 e. The number of halogens is 1. The van der Waals surface area contributed by atoms with Gasteiger partial charge >= 0.3 is 5.97 Å². The third kappa shape index (κ3) is 5.07. The van der Waals surface area contributed by atoms with E-state index in [9.17, 15) is 4.79 Å². The van der Waals surface area contributed by atoms with Gasteiger partial charge in [-0.15, -0.1) is 0 Å². The van der Waals surface area contributed by atoms with E-state index in [2.05, 4.69) is 38.4 Å². The molecule has 0 unspecified atom stereocenters. The lowest BCUT2D eigenvalue weighted by Gasteiger charge is -2.07. The van der Waals surface area contributed by atoms with Crippen LogP contribution in [0.5, 0.6) is 5.75 Å². The molecule has 0 fully saturated rings. The fraction of sp³-hybridized carbons (Fsp3) is 0.188. The van der Waals surface area contributed by atoms with Gasteiger partial charge in [-0.3, -0.25) is 5.43 Å². The second-order valence-corrected chi connectivity index (χ2v) is 5.50. The monoisotopic (exact) mass is 377 g/mol. The first-order chi connectivity index (χ1) is 11.1. The third-order valence-corrected chi connectivity index (χ3v) is 3.44. The van der Waals surface area contributed by atoms with Crippen molar-refractivity contribution in [1.29, 1.82) is 0 Å². The van der Waals surface area contributed by atoms with Crippen LogP contribution in [0, 0.1) is 0 Å². The number of pyridine rings is 1. The Morgan fingerprint density at radius 1 is 1.43 bits per heavy atom. The summed E-state index contributed by atoms with van der Waals surface area (Å²) >= 11 is 3.46. The lowest BCUT2D eigenvalue weighted by atomic mass is 10.2. The van der Waals surface area contributed by atoms with Crippen LogP contribution in [0.1, 0.15) is 29.3 Å². The Balaban J connectivity index is 1.97. The molecule has 0 atom stereocenters. The van der Waals surface area contributed by atoms with Crippen LogP contribution in [-0.2, 0) is 0 Å². The Morgan fingerprint density at radius 2 is 2.26 bits per heavy atom. The van der Waals surface area contributed by atoms with Crippen molar-refractivity contribution >= 4 is 33.9 Å². The van der Waals surface area contributed by atoms with Gasteiger partial charge in [0, 0.05) is 6.20 Å². The lowest BCUT2D eigenvalue weighted by molar-refractivity contribution is 0.0696. The van der Waals surface area contributed by atoms with Gasteiger partial charge in [0.1, 0.15) is 11.6 Å². The van der Waals surface area contributed by atoms with Gasteiger partial charge in [0.2, 0.25) is 0 Å². The van der Waals surface area contributed by atoms with Crippen molar-refractivity contribution in [3.8, 4) is 5.75 Å². The number of hydrogen-bond donors (Lipinski definition) is 2. The Kier molecular flexibility index (Phi) is 6.10. The minimum absolute atomic E-state index is 0.131. The average molecular weight is 378 g/mol. The van der Waals surface area contributed by atoms with E-state index in [1.807, 2.05) is 18.2 Å². The van der Waals surface area contributed by atoms with Gasteiger partial charge in [-0.05, 0) is 58.2 Å². The zero-order chi connectivity index (χ0) is 16.7. The number of aromatic carboxylic acids is 1. The smallest absolute Gasteiger partial charge is 0.337 e. The number of nitrogens with zero attached hydrogens (tertiary/aromatic N) is 2. The summed E-state index contributed by atoms with van der Waals surface area (Å²) in [6.45, 7) is 2.73. The normalized spacial score (nSPS) is 10.7. The summed E-state index contributed by atoms with van der Waals surface area (Å²) in [6.07, 6.45) is 3.87. The molecule has 0 saturated heterocycles. The molecule has 0 spiro atoms. The Morgan fingerprint density at radius 3 is 2.87 bits per heavy atom. The predicted molar refractivity (Wildman–Crippen MR) is 92.3 cm³/mol. The molecule has 2 rings (SSSR count). The van der Waals surface area contributed by atoms with Crippen LogP contribution < -0.4 is 10.2 Å². The van der Waals surface area contributed by atoms with E-state index >= 15 is 0 Å². The standard InChI is InChI=1S/C16H16BrN3O3/c1-2-7-23-14-5-3-11(8-13(14)17)9-19-20-15-6-4-12(10-18-15)16(21)22/h3-6,8-10H,2,7H2,1H3,(H,18,20)(H,21,22)/b19-9+. The van der Waals surface area contributed by atoms with Crippen LogP contribution in [0.25, 0.3) is 0 Å². The first kappa shape index (κ1) is 17.0. The molecule has 1 heterocycles. The minimum Gasteiger partial charge on any atom is -0.492 e. The molecule has 0 amide bonds. The molecule has 0 bridgehead atoms. The van der Waals surface area contributed by atoms with Gasteiger partial charge in [0.25, 0.3) is 0 Å². The number of carbonyl (C=O) groups is 1. The number of benzene rings is 1. The highest BCUT2D eigenvalue weighted by molar-refractivity contribution is 9.10. The molecular weight excluding hydrogens is 362 g/mol. The van der Waals surface area contributed by atoms with Gasteiger partial charge in [-0.25, -0.2) is 9.78 Å². The van der Waals surface area contributed by atoms with Crippen molar-refractivity contribution in [1.82, 2.24) is 4.98 Å². The molecule has 2 aromatic rings. The number of hydrogen-bond acceptors (Lipinski definition) is 5. The number of ether oxygens (including phenoxy) is 1. The molecule has 23 heavy (non-hydrogen) atoms. The number of hydrazone groups is 1. The van der Waals surface area contributed by atoms with Crippen molar-refractivity contribution in [2.75, 3.05) is 12.0 Å². The first-order valence-electron chi connectivity index (χ1n) is 7.01. The Bertz CT molecular complexity index is 702. The van der Waals surface area contributed by atoms with E-state index < -0.39 is 5.97 Å². The highest BCUT2D eigenvalue weighted by Crippen LogP contribution is 2.25. The summed E-state index contributed by atoms with van der Waals surface area (Å²) in [5.41, 5.74) is 3.76. The van der Waals surface area contributed by atoms with E-state index in [0.29, 0.717) is 12.4 Å². The van der Waals surface area contributed by atoms with E-state index in [1.54, 1.807) is 12.3 Å². The second kappa shape index (κ2) is 8.28. The quantitative estimate of drug-likeness (QED) is 0.566. The predicted octanol–water partition coefficient (Wildman–Crippen LogP) is 3.78. The van der Waals surface area contributed by atoms with Crippen LogP contribution in [-0.4, -0.2) is 28.9 Å². The molecule has 6 nitrogen and oxygen atoms in total. The molecule has 0 aliphatic carbocycles. The van der Waals surface area contributed by atoms with Crippen LogP contribution in [0.4, 0.5) is 5.82 Å². The van der Waals surface area contributed by atoms with E-state index in [-0.39, 0.29) is 5.56 Å². The van der Waals surface area contributed by atoms with E-state index in [0.717, 1.165) is 22.2 Å². The third-order valence-electron chi connectivity index (χ3n) is 2.82. The number of aromatic nitrogens is 1.